The third-order valence-electron chi connectivity index (χ3n) is 4.78. The van der Waals surface area contributed by atoms with Gasteiger partial charge in [0.1, 0.15) is 23.9 Å². The zero-order valence-corrected chi connectivity index (χ0v) is 19.0. The van der Waals surface area contributed by atoms with Gasteiger partial charge in [0.25, 0.3) is 5.91 Å². The van der Waals surface area contributed by atoms with Crippen LogP contribution < -0.4 is 14.8 Å². The van der Waals surface area contributed by atoms with E-state index in [0.717, 1.165) is 5.82 Å². The molecule has 0 unspecified atom stereocenters. The number of hydrogen-bond donors (Lipinski definition) is 1. The van der Waals surface area contributed by atoms with E-state index in [4.69, 9.17) is 9.47 Å². The molecule has 0 saturated carbocycles. The Morgan fingerprint density at radius 3 is 2.42 bits per heavy atom. The van der Waals surface area contributed by atoms with Gasteiger partial charge in [-0.25, -0.2) is 4.98 Å². The molecule has 0 bridgehead atoms. The molecule has 1 aliphatic rings. The van der Waals surface area contributed by atoms with Gasteiger partial charge < -0.3 is 19.4 Å². The van der Waals surface area contributed by atoms with Crippen molar-refractivity contribution in [3.8, 4) is 11.5 Å². The van der Waals surface area contributed by atoms with Crippen LogP contribution in [0.15, 0.2) is 60.9 Å². The Labute approximate surface area is 190 Å². The second kappa shape index (κ2) is 10.6. The predicted octanol–water partition coefficient (Wildman–Crippen LogP) is 4.89. The fourth-order valence-electron chi connectivity index (χ4n) is 3.07. The van der Waals surface area contributed by atoms with Gasteiger partial charge in [0, 0.05) is 25.1 Å². The summed E-state index contributed by atoms with van der Waals surface area (Å²) in [6, 6.07) is 15.3. The Balaban J connectivity index is 1.21. The molecule has 1 fully saturated rings. The van der Waals surface area contributed by atoms with Crippen LogP contribution in [-0.4, -0.2) is 33.6 Å². The van der Waals surface area contributed by atoms with E-state index < -0.39 is 0 Å². The lowest BCUT2D eigenvalue weighted by atomic mass is 10.2. The highest BCUT2D eigenvalue weighted by atomic mass is 32.2. The highest BCUT2D eigenvalue weighted by Gasteiger charge is 2.16. The molecule has 3 aromatic rings. The number of anilines is 1. The molecule has 8 heteroatoms. The number of carbonyl (C=O) groups excluding carboxylic acids is 1. The number of nitrogens with one attached hydrogen (secondary N) is 1. The van der Waals surface area contributed by atoms with Crippen LogP contribution >= 0.6 is 23.5 Å². The number of amides is 1. The number of carbonyl (C=O) groups is 1. The SMILES string of the molecule is Cn1ccnc1COc1ccc(NC(=O)COc2ccc(C3SCCCS3)cc2)cc1. The van der Waals surface area contributed by atoms with Crippen molar-refractivity contribution in [3.63, 3.8) is 0 Å². The van der Waals surface area contributed by atoms with Gasteiger partial charge in [-0.05, 0) is 59.9 Å². The minimum atomic E-state index is -0.204. The molecule has 4 rings (SSSR count). The Bertz CT molecular complexity index is 984. The summed E-state index contributed by atoms with van der Waals surface area (Å²) in [7, 11) is 1.93. The third-order valence-corrected chi connectivity index (χ3v) is 7.79. The standard InChI is InChI=1S/C23H25N3O3S2/c1-26-12-11-24-21(26)15-28-20-9-5-18(6-10-20)25-22(27)16-29-19-7-3-17(4-8-19)23-30-13-2-14-31-23/h3-12,23H,2,13-16H2,1H3,(H,25,27). The van der Waals surface area contributed by atoms with Crippen LogP contribution in [0.2, 0.25) is 0 Å². The molecule has 6 nitrogen and oxygen atoms in total. The van der Waals surface area contributed by atoms with Gasteiger partial charge in [0.15, 0.2) is 6.61 Å². The number of aryl methyl sites for hydroxylation is 1. The fourth-order valence-corrected chi connectivity index (χ4v) is 5.96. The predicted molar refractivity (Wildman–Crippen MR) is 127 cm³/mol. The average Bonchev–Trinajstić information content (AvgIpc) is 3.23. The van der Waals surface area contributed by atoms with Crippen LogP contribution in [0.3, 0.4) is 0 Å². The average molecular weight is 456 g/mol. The Hall–Kier alpha value is -2.58. The molecule has 0 aliphatic carbocycles. The van der Waals surface area contributed by atoms with Crippen molar-refractivity contribution in [1.82, 2.24) is 9.55 Å². The molecule has 0 spiro atoms. The first-order valence-corrected chi connectivity index (χ1v) is 12.2. The van der Waals surface area contributed by atoms with E-state index in [-0.39, 0.29) is 12.5 Å². The maximum absolute atomic E-state index is 12.2. The second-order valence-electron chi connectivity index (χ2n) is 7.10. The lowest BCUT2D eigenvalue weighted by Crippen LogP contribution is -2.20. The molecule has 1 aromatic heterocycles. The number of rotatable bonds is 8. The minimum absolute atomic E-state index is 0.0380. The molecule has 31 heavy (non-hydrogen) atoms. The number of imidazole rings is 1. The first-order chi connectivity index (χ1) is 15.2. The molecule has 0 radical (unpaired) electrons. The Morgan fingerprint density at radius 2 is 1.74 bits per heavy atom. The summed E-state index contributed by atoms with van der Waals surface area (Å²) in [5.41, 5.74) is 2.00. The van der Waals surface area contributed by atoms with Crippen molar-refractivity contribution >= 4 is 35.1 Å². The van der Waals surface area contributed by atoms with Crippen LogP contribution in [0.1, 0.15) is 22.4 Å². The Morgan fingerprint density at radius 1 is 1.06 bits per heavy atom. The van der Waals surface area contributed by atoms with Gasteiger partial charge in [-0.3, -0.25) is 4.79 Å². The first-order valence-electron chi connectivity index (χ1n) is 10.1. The molecule has 1 saturated heterocycles. The zero-order valence-electron chi connectivity index (χ0n) is 17.3. The van der Waals surface area contributed by atoms with Crippen molar-refractivity contribution in [2.45, 2.75) is 17.6 Å². The minimum Gasteiger partial charge on any atom is -0.486 e. The zero-order chi connectivity index (χ0) is 21.5. The van der Waals surface area contributed by atoms with E-state index in [0.29, 0.717) is 28.4 Å². The summed E-state index contributed by atoms with van der Waals surface area (Å²) < 4.78 is 13.8. The highest BCUT2D eigenvalue weighted by Crippen LogP contribution is 2.43. The monoisotopic (exact) mass is 455 g/mol. The van der Waals surface area contributed by atoms with Gasteiger partial charge in [0.05, 0.1) is 4.58 Å². The summed E-state index contributed by atoms with van der Waals surface area (Å²) >= 11 is 3.98. The van der Waals surface area contributed by atoms with E-state index in [1.165, 1.54) is 23.5 Å². The number of aromatic nitrogens is 2. The molecular formula is C23H25N3O3S2. The van der Waals surface area contributed by atoms with Crippen LogP contribution in [0.25, 0.3) is 0 Å². The summed E-state index contributed by atoms with van der Waals surface area (Å²) in [6.07, 6.45) is 4.90. The quantitative estimate of drug-likeness (QED) is 0.522. The molecule has 1 amide bonds. The smallest absolute Gasteiger partial charge is 0.262 e. The molecule has 0 atom stereocenters. The number of nitrogens with zero attached hydrogens (tertiary/aromatic N) is 2. The van der Waals surface area contributed by atoms with E-state index in [9.17, 15) is 4.79 Å². The van der Waals surface area contributed by atoms with E-state index in [2.05, 4.69) is 22.4 Å². The lowest BCUT2D eigenvalue weighted by Gasteiger charge is -2.21. The Kier molecular flexibility index (Phi) is 7.43. The molecule has 1 N–H and O–H groups in total. The fraction of sp³-hybridized carbons (Fsp3) is 0.304. The van der Waals surface area contributed by atoms with Gasteiger partial charge in [-0.15, -0.1) is 23.5 Å². The third kappa shape index (κ3) is 6.21. The normalized spacial score (nSPS) is 14.2. The number of thioether (sulfide) groups is 2. The van der Waals surface area contributed by atoms with Gasteiger partial charge in [-0.2, -0.15) is 0 Å². The van der Waals surface area contributed by atoms with Crippen molar-refractivity contribution in [2.24, 2.45) is 7.05 Å². The number of ether oxygens (including phenoxy) is 2. The summed E-state index contributed by atoms with van der Waals surface area (Å²) in [4.78, 5) is 16.4. The molecule has 162 valence electrons. The molecule has 2 aromatic carbocycles. The van der Waals surface area contributed by atoms with Crippen molar-refractivity contribution in [3.05, 3.63) is 72.3 Å². The van der Waals surface area contributed by atoms with Crippen LogP contribution in [0.5, 0.6) is 11.5 Å². The van der Waals surface area contributed by atoms with E-state index in [1.807, 2.05) is 65.6 Å². The van der Waals surface area contributed by atoms with Crippen LogP contribution in [0, 0.1) is 0 Å². The molecule has 2 heterocycles. The number of hydrogen-bond acceptors (Lipinski definition) is 6. The van der Waals surface area contributed by atoms with Gasteiger partial charge in [0.2, 0.25) is 0 Å². The number of benzene rings is 2. The van der Waals surface area contributed by atoms with Gasteiger partial charge in [-0.1, -0.05) is 12.1 Å². The van der Waals surface area contributed by atoms with Crippen molar-refractivity contribution < 1.29 is 14.3 Å². The maximum atomic E-state index is 12.2. The molecular weight excluding hydrogens is 430 g/mol. The summed E-state index contributed by atoms with van der Waals surface area (Å²) in [5.74, 6) is 4.48. The summed E-state index contributed by atoms with van der Waals surface area (Å²) in [6.45, 7) is 0.351. The van der Waals surface area contributed by atoms with E-state index >= 15 is 0 Å². The highest BCUT2D eigenvalue weighted by molar-refractivity contribution is 8.16. The topological polar surface area (TPSA) is 65.4 Å². The molecule has 1 aliphatic heterocycles. The maximum Gasteiger partial charge on any atom is 0.262 e. The summed E-state index contributed by atoms with van der Waals surface area (Å²) in [5, 5.41) is 2.84. The van der Waals surface area contributed by atoms with Crippen LogP contribution in [0.4, 0.5) is 5.69 Å². The van der Waals surface area contributed by atoms with Crippen molar-refractivity contribution in [1.29, 1.82) is 0 Å². The van der Waals surface area contributed by atoms with E-state index in [1.54, 1.807) is 18.3 Å². The largest absolute Gasteiger partial charge is 0.486 e. The van der Waals surface area contributed by atoms with Gasteiger partial charge >= 0.3 is 0 Å². The first kappa shape index (κ1) is 21.6. The second-order valence-corrected chi connectivity index (χ2v) is 9.82. The lowest BCUT2D eigenvalue weighted by molar-refractivity contribution is -0.118. The van der Waals surface area contributed by atoms with Crippen molar-refractivity contribution in [2.75, 3.05) is 23.4 Å². The van der Waals surface area contributed by atoms with Crippen LogP contribution in [-0.2, 0) is 18.4 Å².